The van der Waals surface area contributed by atoms with Gasteiger partial charge in [-0.15, -0.1) is 0 Å². The Morgan fingerprint density at radius 1 is 1.07 bits per heavy atom. The summed E-state index contributed by atoms with van der Waals surface area (Å²) in [6.07, 6.45) is 6.58. The molecule has 10 nitrogen and oxygen atoms in total. The first-order valence-electron chi connectivity index (χ1n) is 16.1. The van der Waals surface area contributed by atoms with Crippen LogP contribution in [-0.2, 0) is 28.7 Å². The van der Waals surface area contributed by atoms with Gasteiger partial charge in [-0.05, 0) is 52.0 Å². The summed E-state index contributed by atoms with van der Waals surface area (Å²) >= 11 is 0. The minimum Gasteiger partial charge on any atom is -0.455 e. The van der Waals surface area contributed by atoms with Gasteiger partial charge in [-0.25, -0.2) is 0 Å². The lowest BCUT2D eigenvalue weighted by atomic mass is 9.77. The van der Waals surface area contributed by atoms with Gasteiger partial charge in [-0.2, -0.15) is 0 Å². The Bertz CT molecular complexity index is 1350. The molecule has 244 valence electrons. The number of ether oxygens (including phenoxy) is 2. The van der Waals surface area contributed by atoms with Crippen molar-refractivity contribution in [2.24, 2.45) is 17.8 Å². The average molecular weight is 622 g/mol. The van der Waals surface area contributed by atoms with Gasteiger partial charge in [-0.1, -0.05) is 68.5 Å². The van der Waals surface area contributed by atoms with Crippen LogP contribution in [0.5, 0.6) is 0 Å². The second-order valence-electron chi connectivity index (χ2n) is 14.2. The Hall–Kier alpha value is -3.50. The lowest BCUT2D eigenvalue weighted by Gasteiger charge is -2.42. The van der Waals surface area contributed by atoms with Crippen LogP contribution in [0.1, 0.15) is 72.5 Å². The number of amides is 3. The van der Waals surface area contributed by atoms with Crippen LogP contribution in [0.25, 0.3) is 0 Å². The van der Waals surface area contributed by atoms with Crippen LogP contribution in [0.15, 0.2) is 54.6 Å². The van der Waals surface area contributed by atoms with Crippen molar-refractivity contribution in [2.45, 2.75) is 102 Å². The highest BCUT2D eigenvalue weighted by Crippen LogP contribution is 2.54. The Balaban J connectivity index is 1.64. The smallest absolute Gasteiger partial charge is 0.313 e. The minimum absolute atomic E-state index is 0.132. The molecule has 10 heteroatoms. The fourth-order valence-electron chi connectivity index (χ4n) is 7.46. The van der Waals surface area contributed by atoms with E-state index < -0.39 is 65.2 Å². The van der Waals surface area contributed by atoms with Crippen LogP contribution < -0.4 is 5.32 Å². The number of carbonyl (C=O) groups is 4. The molecule has 4 aliphatic heterocycles. The topological polar surface area (TPSA) is 125 Å². The number of hydrogen-bond donors (Lipinski definition) is 2. The SMILES string of the molecule is CC(C)C[C@H](CO)N1C(=O)[C@H]2[C@@H]3C(=O)O[C@@H](c4ccccc4)[C@H](C)NC(=O)CC/C=C\[C@@H]3O[C@]23C=CCN(C(C)(C)C)C(=O)[C@H]13. The molecule has 2 saturated heterocycles. The summed E-state index contributed by atoms with van der Waals surface area (Å²) in [6.45, 7) is 11.6. The van der Waals surface area contributed by atoms with Crippen LogP contribution in [0.3, 0.4) is 0 Å². The summed E-state index contributed by atoms with van der Waals surface area (Å²) in [4.78, 5) is 59.7. The summed E-state index contributed by atoms with van der Waals surface area (Å²) < 4.78 is 13.0. The molecule has 1 aromatic rings. The van der Waals surface area contributed by atoms with Crippen molar-refractivity contribution in [2.75, 3.05) is 13.2 Å². The van der Waals surface area contributed by atoms with Gasteiger partial charge < -0.3 is 29.7 Å². The number of aliphatic hydroxyl groups excluding tert-OH is 1. The van der Waals surface area contributed by atoms with Crippen molar-refractivity contribution < 1.29 is 33.8 Å². The Morgan fingerprint density at radius 2 is 1.78 bits per heavy atom. The number of aliphatic hydroxyl groups is 1. The molecular formula is C35H47N3O7. The maximum atomic E-state index is 14.7. The van der Waals surface area contributed by atoms with Gasteiger partial charge in [0.15, 0.2) is 0 Å². The summed E-state index contributed by atoms with van der Waals surface area (Å²) in [5.74, 6) is -3.50. The van der Waals surface area contributed by atoms with Gasteiger partial charge >= 0.3 is 5.97 Å². The third kappa shape index (κ3) is 6.06. The highest BCUT2D eigenvalue weighted by molar-refractivity contribution is 5.99. The fourth-order valence-corrected chi connectivity index (χ4v) is 7.46. The third-order valence-corrected chi connectivity index (χ3v) is 9.44. The lowest BCUT2D eigenvalue weighted by Crippen LogP contribution is -2.60. The van der Waals surface area contributed by atoms with Crippen LogP contribution in [0.2, 0.25) is 0 Å². The zero-order valence-corrected chi connectivity index (χ0v) is 27.1. The Kier molecular flexibility index (Phi) is 9.29. The van der Waals surface area contributed by atoms with Crippen molar-refractivity contribution in [3.05, 3.63) is 60.2 Å². The first-order valence-corrected chi connectivity index (χ1v) is 16.1. The Labute approximate surface area is 265 Å². The van der Waals surface area contributed by atoms with E-state index in [0.717, 1.165) is 0 Å². The maximum Gasteiger partial charge on any atom is 0.313 e. The van der Waals surface area contributed by atoms with Gasteiger partial charge in [0.2, 0.25) is 17.7 Å². The number of cyclic esters (lactones) is 1. The van der Waals surface area contributed by atoms with E-state index in [1.807, 2.05) is 71.0 Å². The highest BCUT2D eigenvalue weighted by atomic mass is 16.6. The number of hydrogen-bond acceptors (Lipinski definition) is 7. The van der Waals surface area contributed by atoms with Crippen LogP contribution in [0.4, 0.5) is 0 Å². The Morgan fingerprint density at radius 3 is 2.42 bits per heavy atom. The van der Waals surface area contributed by atoms with Gasteiger partial charge in [0.05, 0.1) is 30.7 Å². The third-order valence-electron chi connectivity index (χ3n) is 9.44. The molecule has 4 heterocycles. The number of allylic oxidation sites excluding steroid dienone is 1. The molecule has 1 spiro atoms. The van der Waals surface area contributed by atoms with Crippen LogP contribution >= 0.6 is 0 Å². The number of nitrogens with zero attached hydrogens (tertiary/aromatic N) is 2. The van der Waals surface area contributed by atoms with E-state index in [4.69, 9.17) is 9.47 Å². The maximum absolute atomic E-state index is 14.7. The number of esters is 1. The van der Waals surface area contributed by atoms with Gasteiger partial charge in [0, 0.05) is 18.5 Å². The summed E-state index contributed by atoms with van der Waals surface area (Å²) in [7, 11) is 0. The van der Waals surface area contributed by atoms with Crippen molar-refractivity contribution in [3.8, 4) is 0 Å². The van der Waals surface area contributed by atoms with E-state index in [1.165, 1.54) is 4.90 Å². The van der Waals surface area contributed by atoms with Crippen LogP contribution in [-0.4, -0.2) is 87.1 Å². The molecule has 3 amide bonds. The van der Waals surface area contributed by atoms with Crippen molar-refractivity contribution in [1.82, 2.24) is 15.1 Å². The standard InChI is InChI=1S/C35H47N3O7/c1-21(2)19-24(20-39)38-30-32(42)37(34(4,5)6)18-12-17-35(30)28(31(38)41)27-25(45-35)15-10-11-16-26(40)36-22(3)29(44-33(27)43)23-13-8-7-9-14-23/h7-10,12-15,17,21-22,24-25,27-30,39H,11,16,18-20H2,1-6H3,(H,36,40)/b15-10-/t22-,24+,25-,27+,28+,29+,30-,35+/m0/s1. The van der Waals surface area contributed by atoms with Crippen molar-refractivity contribution in [1.29, 1.82) is 0 Å². The van der Waals surface area contributed by atoms with Gasteiger partial charge in [-0.3, -0.25) is 19.2 Å². The van der Waals surface area contributed by atoms with E-state index in [2.05, 4.69) is 5.32 Å². The number of rotatable bonds is 5. The molecule has 1 aromatic carbocycles. The van der Waals surface area contributed by atoms with Crippen molar-refractivity contribution >= 4 is 23.7 Å². The zero-order valence-electron chi connectivity index (χ0n) is 27.1. The first-order chi connectivity index (χ1) is 21.3. The van der Waals surface area contributed by atoms with Crippen LogP contribution in [0, 0.1) is 17.8 Å². The summed E-state index contributed by atoms with van der Waals surface area (Å²) in [5.41, 5.74) is -1.31. The monoisotopic (exact) mass is 621 g/mol. The molecule has 45 heavy (non-hydrogen) atoms. The highest BCUT2D eigenvalue weighted by Gasteiger charge is 2.72. The van der Waals surface area contributed by atoms with E-state index >= 15 is 0 Å². The normalized spacial score (nSPS) is 33.8. The molecule has 2 N–H and O–H groups in total. The molecule has 0 radical (unpaired) electrons. The number of fused-ring (bicyclic) bond motifs is 2. The van der Waals surface area contributed by atoms with Crippen molar-refractivity contribution in [3.63, 3.8) is 0 Å². The summed E-state index contributed by atoms with van der Waals surface area (Å²) in [6, 6.07) is 6.92. The molecule has 5 rings (SSSR count). The van der Waals surface area contributed by atoms with E-state index in [9.17, 15) is 24.3 Å². The predicted octanol–water partition coefficient (Wildman–Crippen LogP) is 3.31. The molecular weight excluding hydrogens is 574 g/mol. The molecule has 8 atom stereocenters. The molecule has 0 saturated carbocycles. The molecule has 4 aliphatic rings. The van der Waals surface area contributed by atoms with E-state index in [1.54, 1.807) is 30.1 Å². The number of likely N-dealkylation sites (tertiary alicyclic amines) is 1. The lowest BCUT2D eigenvalue weighted by molar-refractivity contribution is -0.162. The van der Waals surface area contributed by atoms with Gasteiger partial charge in [0.1, 0.15) is 23.7 Å². The number of benzene rings is 1. The average Bonchev–Trinajstić information content (AvgIpc) is 3.36. The molecule has 0 unspecified atom stereocenters. The van der Waals surface area contributed by atoms with E-state index in [0.29, 0.717) is 24.9 Å². The predicted molar refractivity (Wildman–Crippen MR) is 167 cm³/mol. The molecule has 0 aliphatic carbocycles. The molecule has 0 bridgehead atoms. The fraction of sp³-hybridized carbons (Fsp3) is 0.600. The quantitative estimate of drug-likeness (QED) is 0.382. The summed E-state index contributed by atoms with van der Waals surface area (Å²) in [5, 5.41) is 13.5. The first kappa shape index (κ1) is 32.9. The zero-order chi connectivity index (χ0) is 32.7. The number of nitrogens with one attached hydrogen (secondary N) is 1. The number of carbonyl (C=O) groups excluding carboxylic acids is 4. The molecule has 2 fully saturated rings. The molecule has 0 aromatic heterocycles. The second kappa shape index (κ2) is 12.7. The second-order valence-corrected chi connectivity index (χ2v) is 14.2. The largest absolute Gasteiger partial charge is 0.455 e. The van der Waals surface area contributed by atoms with E-state index in [-0.39, 0.29) is 30.8 Å². The minimum atomic E-state index is -1.46. The van der Waals surface area contributed by atoms with Gasteiger partial charge in [0.25, 0.3) is 0 Å².